The van der Waals surface area contributed by atoms with Crippen LogP contribution in [0.1, 0.15) is 53.5 Å². The maximum Gasteiger partial charge on any atom is 0.251 e. The Bertz CT molecular complexity index is 968. The van der Waals surface area contributed by atoms with E-state index in [-0.39, 0.29) is 23.1 Å². The number of hydrogen-bond acceptors (Lipinski definition) is 5. The van der Waals surface area contributed by atoms with Gasteiger partial charge in [-0.2, -0.15) is 0 Å². The number of benzene rings is 2. The van der Waals surface area contributed by atoms with Gasteiger partial charge in [0, 0.05) is 37.4 Å². The molecule has 0 aromatic heterocycles. The summed E-state index contributed by atoms with van der Waals surface area (Å²) in [5.41, 5.74) is 1.69. The van der Waals surface area contributed by atoms with E-state index in [1.807, 2.05) is 0 Å². The molecule has 0 atom stereocenters. The third-order valence-electron chi connectivity index (χ3n) is 4.46. The van der Waals surface area contributed by atoms with Crippen molar-refractivity contribution in [2.24, 2.45) is 5.92 Å². The highest BCUT2D eigenvalue weighted by Gasteiger charge is 2.14. The van der Waals surface area contributed by atoms with Crippen molar-refractivity contribution >= 4 is 21.7 Å². The van der Waals surface area contributed by atoms with Crippen molar-refractivity contribution in [2.45, 2.75) is 38.6 Å². The quantitative estimate of drug-likeness (QED) is 0.385. The molecule has 2 rings (SSSR count). The molecule has 0 bridgehead atoms. The molecular weight excluding hydrogens is 416 g/mol. The van der Waals surface area contributed by atoms with Crippen LogP contribution in [0.15, 0.2) is 53.4 Å². The average molecular weight is 447 g/mol. The summed E-state index contributed by atoms with van der Waals surface area (Å²) in [5.74, 6) is 0.187. The van der Waals surface area contributed by atoms with Gasteiger partial charge in [0.2, 0.25) is 10.0 Å². The third kappa shape index (κ3) is 8.24. The Morgan fingerprint density at radius 1 is 0.968 bits per heavy atom. The molecule has 2 N–H and O–H groups in total. The first-order chi connectivity index (χ1) is 14.7. The molecule has 0 radical (unpaired) electrons. The number of nitrogens with one attached hydrogen (secondary N) is 2. The van der Waals surface area contributed by atoms with E-state index in [0.29, 0.717) is 36.8 Å². The second kappa shape index (κ2) is 11.7. The molecule has 7 nitrogen and oxygen atoms in total. The molecular formula is C23H30N2O5S. The number of ether oxygens (including phenoxy) is 1. The van der Waals surface area contributed by atoms with Gasteiger partial charge in [-0.1, -0.05) is 38.1 Å². The van der Waals surface area contributed by atoms with Crippen LogP contribution >= 0.6 is 0 Å². The first-order valence-corrected chi connectivity index (χ1v) is 11.7. The van der Waals surface area contributed by atoms with E-state index in [1.54, 1.807) is 24.3 Å². The number of amides is 1. The largest absolute Gasteiger partial charge is 0.381 e. The van der Waals surface area contributed by atoms with Gasteiger partial charge in [0.1, 0.15) is 0 Å². The molecule has 2 aromatic carbocycles. The van der Waals surface area contributed by atoms with Gasteiger partial charge < -0.3 is 10.1 Å². The van der Waals surface area contributed by atoms with E-state index >= 15 is 0 Å². The minimum absolute atomic E-state index is 0.0888. The van der Waals surface area contributed by atoms with Gasteiger partial charge in [-0.3, -0.25) is 9.59 Å². The summed E-state index contributed by atoms with van der Waals surface area (Å²) in [6.45, 7) is 7.53. The van der Waals surface area contributed by atoms with Gasteiger partial charge >= 0.3 is 0 Å². The van der Waals surface area contributed by atoms with Gasteiger partial charge in [0.05, 0.1) is 4.90 Å². The van der Waals surface area contributed by atoms with Crippen molar-refractivity contribution in [3.63, 3.8) is 0 Å². The van der Waals surface area contributed by atoms with E-state index in [1.165, 1.54) is 31.2 Å². The fourth-order valence-electron chi connectivity index (χ4n) is 2.70. The molecule has 0 saturated carbocycles. The zero-order chi connectivity index (χ0) is 22.9. The van der Waals surface area contributed by atoms with E-state index in [2.05, 4.69) is 23.9 Å². The van der Waals surface area contributed by atoms with E-state index in [9.17, 15) is 18.0 Å². The van der Waals surface area contributed by atoms with Crippen molar-refractivity contribution in [1.82, 2.24) is 10.0 Å². The molecule has 2 aromatic rings. The minimum atomic E-state index is -3.71. The summed E-state index contributed by atoms with van der Waals surface area (Å²) < 4.78 is 32.8. The Labute approximate surface area is 184 Å². The minimum Gasteiger partial charge on any atom is -0.381 e. The number of sulfonamides is 1. The number of carbonyl (C=O) groups excluding carboxylic acids is 2. The Morgan fingerprint density at radius 3 is 2.16 bits per heavy atom. The maximum atomic E-state index is 12.4. The fourth-order valence-corrected chi connectivity index (χ4v) is 3.72. The lowest BCUT2D eigenvalue weighted by Gasteiger charge is -2.09. The number of ketones is 1. The lowest BCUT2D eigenvalue weighted by molar-refractivity contribution is 0.0924. The van der Waals surface area contributed by atoms with Crippen LogP contribution in [0.4, 0.5) is 0 Å². The SMILES string of the molecule is CC(=O)c1ccc(S(=O)(=O)NCc2ccc(C(=O)NCCCOCC(C)C)cc2)cc1. The highest BCUT2D eigenvalue weighted by atomic mass is 32.2. The fraction of sp³-hybridized carbons (Fsp3) is 0.391. The zero-order valence-electron chi connectivity index (χ0n) is 18.2. The molecule has 8 heteroatoms. The number of carbonyl (C=O) groups is 2. The van der Waals surface area contributed by atoms with Crippen LogP contribution in [0.25, 0.3) is 0 Å². The standard InChI is InChI=1S/C23H30N2O5S/c1-17(2)16-30-14-4-13-24-23(27)21-7-5-19(6-8-21)15-25-31(28,29)22-11-9-20(10-12-22)18(3)26/h5-12,17,25H,4,13-16H2,1-3H3,(H,24,27). The molecule has 0 aliphatic heterocycles. The van der Waals surface area contributed by atoms with Crippen LogP contribution in [-0.2, 0) is 21.3 Å². The predicted octanol–water partition coefficient (Wildman–Crippen LogP) is 3.16. The van der Waals surface area contributed by atoms with Crippen molar-refractivity contribution < 1.29 is 22.7 Å². The summed E-state index contributed by atoms with van der Waals surface area (Å²) in [6, 6.07) is 12.5. The topological polar surface area (TPSA) is 102 Å². The molecule has 1 amide bonds. The van der Waals surface area contributed by atoms with Crippen LogP contribution in [0.3, 0.4) is 0 Å². The van der Waals surface area contributed by atoms with Gasteiger partial charge in [-0.25, -0.2) is 13.1 Å². The molecule has 0 aliphatic rings. The second-order valence-electron chi connectivity index (χ2n) is 7.68. The summed E-state index contributed by atoms with van der Waals surface area (Å²) >= 11 is 0. The maximum absolute atomic E-state index is 12.4. The van der Waals surface area contributed by atoms with Gasteiger partial charge in [-0.05, 0) is 49.1 Å². The molecule has 0 saturated heterocycles. The van der Waals surface area contributed by atoms with Crippen LogP contribution < -0.4 is 10.0 Å². The Hall–Kier alpha value is -2.55. The number of Topliss-reactive ketones (excluding diaryl/α,β-unsaturated/α-hetero) is 1. The summed E-state index contributed by atoms with van der Waals surface area (Å²) in [5, 5.41) is 2.84. The number of hydrogen-bond donors (Lipinski definition) is 2. The smallest absolute Gasteiger partial charge is 0.251 e. The van der Waals surface area contributed by atoms with Crippen molar-refractivity contribution in [3.8, 4) is 0 Å². The molecule has 31 heavy (non-hydrogen) atoms. The van der Waals surface area contributed by atoms with E-state index < -0.39 is 10.0 Å². The molecule has 0 aliphatic carbocycles. The highest BCUT2D eigenvalue weighted by molar-refractivity contribution is 7.89. The lowest BCUT2D eigenvalue weighted by Crippen LogP contribution is -2.25. The summed E-state index contributed by atoms with van der Waals surface area (Å²) in [7, 11) is -3.71. The number of rotatable bonds is 12. The summed E-state index contributed by atoms with van der Waals surface area (Å²) in [4.78, 5) is 23.6. The van der Waals surface area contributed by atoms with Crippen LogP contribution in [0, 0.1) is 5.92 Å². The molecule has 168 valence electrons. The van der Waals surface area contributed by atoms with Crippen molar-refractivity contribution in [3.05, 3.63) is 65.2 Å². The molecule has 0 heterocycles. The third-order valence-corrected chi connectivity index (χ3v) is 5.87. The van der Waals surface area contributed by atoms with Crippen LogP contribution in [0.2, 0.25) is 0 Å². The molecule has 0 spiro atoms. The Morgan fingerprint density at radius 2 is 1.58 bits per heavy atom. The second-order valence-corrected chi connectivity index (χ2v) is 9.45. The summed E-state index contributed by atoms with van der Waals surface area (Å²) in [6.07, 6.45) is 0.742. The Kier molecular flexibility index (Phi) is 9.36. The normalized spacial score (nSPS) is 11.5. The van der Waals surface area contributed by atoms with E-state index in [0.717, 1.165) is 12.0 Å². The van der Waals surface area contributed by atoms with Crippen LogP contribution in [-0.4, -0.2) is 39.9 Å². The van der Waals surface area contributed by atoms with Crippen molar-refractivity contribution in [2.75, 3.05) is 19.8 Å². The zero-order valence-corrected chi connectivity index (χ0v) is 19.0. The molecule has 0 unspecified atom stereocenters. The monoisotopic (exact) mass is 446 g/mol. The predicted molar refractivity (Wildman–Crippen MR) is 120 cm³/mol. The van der Waals surface area contributed by atoms with E-state index in [4.69, 9.17) is 4.74 Å². The van der Waals surface area contributed by atoms with Gasteiger partial charge in [0.25, 0.3) is 5.91 Å². The average Bonchev–Trinajstić information content (AvgIpc) is 2.75. The molecule has 0 fully saturated rings. The van der Waals surface area contributed by atoms with Gasteiger partial charge in [-0.15, -0.1) is 0 Å². The highest BCUT2D eigenvalue weighted by Crippen LogP contribution is 2.12. The van der Waals surface area contributed by atoms with Crippen molar-refractivity contribution in [1.29, 1.82) is 0 Å². The van der Waals surface area contributed by atoms with Crippen LogP contribution in [0.5, 0.6) is 0 Å². The Balaban J connectivity index is 1.82. The first kappa shape index (κ1) is 24.7. The lowest BCUT2D eigenvalue weighted by atomic mass is 10.1. The van der Waals surface area contributed by atoms with Gasteiger partial charge in [0.15, 0.2) is 5.78 Å². The first-order valence-electron chi connectivity index (χ1n) is 10.2.